The molecule has 3 N–H and O–H groups in total. The molecule has 2 aliphatic rings. The van der Waals surface area contributed by atoms with Crippen molar-refractivity contribution >= 4 is 17.3 Å². The Morgan fingerprint density at radius 2 is 2.32 bits per heavy atom. The molecule has 2 saturated heterocycles. The van der Waals surface area contributed by atoms with Crippen molar-refractivity contribution in [1.82, 2.24) is 10.3 Å². The van der Waals surface area contributed by atoms with E-state index in [0.29, 0.717) is 12.0 Å². The molecule has 0 spiro atoms. The van der Waals surface area contributed by atoms with E-state index in [1.54, 1.807) is 6.07 Å². The number of nitrogens with two attached hydrogens (primary N) is 1. The average Bonchev–Trinajstić information content (AvgIpc) is 2.81. The van der Waals surface area contributed by atoms with E-state index in [2.05, 4.69) is 15.2 Å². The van der Waals surface area contributed by atoms with Gasteiger partial charge in [0.05, 0.1) is 4.92 Å². The van der Waals surface area contributed by atoms with Gasteiger partial charge in [-0.15, -0.1) is 0 Å². The van der Waals surface area contributed by atoms with E-state index in [4.69, 9.17) is 5.73 Å². The van der Waals surface area contributed by atoms with Crippen molar-refractivity contribution in [2.24, 2.45) is 5.92 Å². The maximum atomic E-state index is 10.7. The number of nitrogen functional groups attached to an aromatic ring is 1. The van der Waals surface area contributed by atoms with Gasteiger partial charge in [0, 0.05) is 25.2 Å². The molecule has 102 valence electrons. The van der Waals surface area contributed by atoms with Crippen molar-refractivity contribution in [1.29, 1.82) is 0 Å². The molecule has 7 heteroatoms. The molecule has 0 saturated carbocycles. The largest absolute Gasteiger partial charge is 0.378 e. The summed E-state index contributed by atoms with van der Waals surface area (Å²) in [7, 11) is 0. The van der Waals surface area contributed by atoms with E-state index in [0.717, 1.165) is 25.5 Å². The molecule has 2 aliphatic heterocycles. The Balaban J connectivity index is 1.80. The normalized spacial score (nSPS) is 26.2. The molecule has 2 fully saturated rings. The molecule has 2 unspecified atom stereocenters. The molecule has 1 aromatic heterocycles. The monoisotopic (exact) mass is 263 g/mol. The Bertz CT molecular complexity index is 493. The molecule has 3 rings (SSSR count). The van der Waals surface area contributed by atoms with Gasteiger partial charge >= 0.3 is 5.69 Å². The van der Waals surface area contributed by atoms with Crippen LogP contribution in [0.15, 0.2) is 12.1 Å². The second kappa shape index (κ2) is 4.65. The first-order chi connectivity index (χ1) is 9.15. The molecule has 2 atom stereocenters. The number of hydrogen-bond acceptors (Lipinski definition) is 6. The molecule has 19 heavy (non-hydrogen) atoms. The van der Waals surface area contributed by atoms with Gasteiger partial charge in [-0.05, 0) is 31.4 Å². The standard InChI is InChI=1S/C12H17N5O2/c13-12-10(17(18)19)3-4-11(15-12)16-6-8-2-1-5-14-9(8)7-16/h3-4,8-9,14H,1-2,5-7H2,(H2,13,15). The van der Waals surface area contributed by atoms with E-state index in [-0.39, 0.29) is 11.5 Å². The quantitative estimate of drug-likeness (QED) is 0.604. The number of pyridine rings is 1. The molecule has 3 heterocycles. The van der Waals surface area contributed by atoms with Gasteiger partial charge in [0.1, 0.15) is 5.82 Å². The fourth-order valence-electron chi connectivity index (χ4n) is 3.02. The molecule has 0 amide bonds. The van der Waals surface area contributed by atoms with E-state index >= 15 is 0 Å². The molecule has 0 aliphatic carbocycles. The number of hydrogen-bond donors (Lipinski definition) is 2. The molecular weight excluding hydrogens is 246 g/mol. The molecule has 0 bridgehead atoms. The highest BCUT2D eigenvalue weighted by Gasteiger charge is 2.35. The number of nitrogens with one attached hydrogen (secondary N) is 1. The summed E-state index contributed by atoms with van der Waals surface area (Å²) in [5, 5.41) is 14.2. The van der Waals surface area contributed by atoms with Crippen LogP contribution in [0.1, 0.15) is 12.8 Å². The van der Waals surface area contributed by atoms with E-state index < -0.39 is 4.92 Å². The number of anilines is 2. The first-order valence-electron chi connectivity index (χ1n) is 6.54. The lowest BCUT2D eigenvalue weighted by Gasteiger charge is -2.24. The van der Waals surface area contributed by atoms with Gasteiger partial charge in [0.2, 0.25) is 5.82 Å². The Morgan fingerprint density at radius 1 is 1.47 bits per heavy atom. The lowest BCUT2D eigenvalue weighted by Crippen LogP contribution is -2.40. The molecule has 0 aromatic carbocycles. The number of nitro groups is 1. The van der Waals surface area contributed by atoms with Crippen molar-refractivity contribution in [2.45, 2.75) is 18.9 Å². The lowest BCUT2D eigenvalue weighted by molar-refractivity contribution is -0.384. The van der Waals surface area contributed by atoms with Crippen molar-refractivity contribution in [3.05, 3.63) is 22.2 Å². The fourth-order valence-corrected chi connectivity index (χ4v) is 3.02. The van der Waals surface area contributed by atoms with Crippen LogP contribution in [0, 0.1) is 16.0 Å². The van der Waals surface area contributed by atoms with Crippen LogP contribution in [0.25, 0.3) is 0 Å². The number of nitrogens with zero attached hydrogens (tertiary/aromatic N) is 3. The fraction of sp³-hybridized carbons (Fsp3) is 0.583. The zero-order chi connectivity index (χ0) is 13.4. The summed E-state index contributed by atoms with van der Waals surface area (Å²) in [5.41, 5.74) is 5.52. The van der Waals surface area contributed by atoms with Crippen LogP contribution < -0.4 is 16.0 Å². The van der Waals surface area contributed by atoms with Gasteiger partial charge in [-0.25, -0.2) is 4.98 Å². The topological polar surface area (TPSA) is 97.3 Å². The summed E-state index contributed by atoms with van der Waals surface area (Å²) in [6, 6.07) is 3.63. The minimum atomic E-state index is -0.503. The van der Waals surface area contributed by atoms with Gasteiger partial charge in [0.25, 0.3) is 0 Å². The zero-order valence-electron chi connectivity index (χ0n) is 10.6. The second-order valence-corrected chi connectivity index (χ2v) is 5.20. The van der Waals surface area contributed by atoms with Gasteiger partial charge in [-0.1, -0.05) is 0 Å². The summed E-state index contributed by atoms with van der Waals surface area (Å²) in [5.74, 6) is 1.37. The molecule has 1 aromatic rings. The maximum absolute atomic E-state index is 10.7. The van der Waals surface area contributed by atoms with Gasteiger partial charge < -0.3 is 16.0 Å². The first-order valence-corrected chi connectivity index (χ1v) is 6.54. The Labute approximate surface area is 110 Å². The van der Waals surface area contributed by atoms with Crippen LogP contribution in [0.3, 0.4) is 0 Å². The third-order valence-corrected chi connectivity index (χ3v) is 4.01. The van der Waals surface area contributed by atoms with E-state index in [1.807, 2.05) is 0 Å². The lowest BCUT2D eigenvalue weighted by atomic mass is 9.94. The zero-order valence-corrected chi connectivity index (χ0v) is 10.6. The van der Waals surface area contributed by atoms with Crippen LogP contribution in [0.5, 0.6) is 0 Å². The van der Waals surface area contributed by atoms with Gasteiger partial charge in [-0.3, -0.25) is 10.1 Å². The first kappa shape index (κ1) is 12.2. The predicted octanol–water partition coefficient (Wildman–Crippen LogP) is 0.760. The van der Waals surface area contributed by atoms with Crippen LogP contribution in [0.2, 0.25) is 0 Å². The molecule has 0 radical (unpaired) electrons. The van der Waals surface area contributed by atoms with Gasteiger partial charge in [-0.2, -0.15) is 0 Å². The van der Waals surface area contributed by atoms with Gasteiger partial charge in [0.15, 0.2) is 0 Å². The highest BCUT2D eigenvalue weighted by molar-refractivity contribution is 5.58. The number of rotatable bonds is 2. The third kappa shape index (κ3) is 2.21. The summed E-state index contributed by atoms with van der Waals surface area (Å²) >= 11 is 0. The van der Waals surface area contributed by atoms with Crippen LogP contribution >= 0.6 is 0 Å². The van der Waals surface area contributed by atoms with Crippen molar-refractivity contribution in [3.8, 4) is 0 Å². The highest BCUT2D eigenvalue weighted by Crippen LogP contribution is 2.30. The van der Waals surface area contributed by atoms with Crippen molar-refractivity contribution < 1.29 is 4.92 Å². The predicted molar refractivity (Wildman–Crippen MR) is 72.0 cm³/mol. The van der Waals surface area contributed by atoms with Crippen molar-refractivity contribution in [3.63, 3.8) is 0 Å². The summed E-state index contributed by atoms with van der Waals surface area (Å²) in [6.45, 7) is 2.92. The minimum Gasteiger partial charge on any atom is -0.378 e. The number of fused-ring (bicyclic) bond motifs is 1. The molecule has 7 nitrogen and oxygen atoms in total. The second-order valence-electron chi connectivity index (χ2n) is 5.20. The Hall–Kier alpha value is -1.89. The summed E-state index contributed by atoms with van der Waals surface area (Å²) < 4.78 is 0. The Kier molecular flexibility index (Phi) is 2.98. The van der Waals surface area contributed by atoms with E-state index in [9.17, 15) is 10.1 Å². The van der Waals surface area contributed by atoms with Crippen LogP contribution in [0.4, 0.5) is 17.3 Å². The van der Waals surface area contributed by atoms with Crippen LogP contribution in [-0.2, 0) is 0 Å². The number of piperidine rings is 1. The summed E-state index contributed by atoms with van der Waals surface area (Å²) in [6.07, 6.45) is 2.45. The molecular formula is C12H17N5O2. The van der Waals surface area contributed by atoms with E-state index in [1.165, 1.54) is 18.9 Å². The average molecular weight is 263 g/mol. The highest BCUT2D eigenvalue weighted by atomic mass is 16.6. The maximum Gasteiger partial charge on any atom is 0.311 e. The van der Waals surface area contributed by atoms with Crippen LogP contribution in [-0.4, -0.2) is 35.6 Å². The SMILES string of the molecule is Nc1nc(N2CC3CCCNC3C2)ccc1[N+](=O)[O-]. The summed E-state index contributed by atoms with van der Waals surface area (Å²) in [4.78, 5) is 16.5. The van der Waals surface area contributed by atoms with Crippen molar-refractivity contribution in [2.75, 3.05) is 30.3 Å². The smallest absolute Gasteiger partial charge is 0.311 e. The minimum absolute atomic E-state index is 0.00895. The number of aromatic nitrogens is 1. The third-order valence-electron chi connectivity index (χ3n) is 4.01. The Morgan fingerprint density at radius 3 is 3.00 bits per heavy atom.